The van der Waals surface area contributed by atoms with Crippen LogP contribution in [-0.2, 0) is 0 Å². The first-order valence-corrected chi connectivity index (χ1v) is 11.1. The van der Waals surface area contributed by atoms with Crippen molar-refractivity contribution >= 4 is 43.6 Å². The van der Waals surface area contributed by atoms with Gasteiger partial charge in [0.15, 0.2) is 0 Å². The number of para-hydroxylation sites is 2. The van der Waals surface area contributed by atoms with Crippen LogP contribution in [0.4, 0.5) is 0 Å². The molecule has 0 atom stereocenters. The Bertz CT molecular complexity index is 1690. The first-order valence-electron chi connectivity index (χ1n) is 11.1. The molecule has 0 unspecified atom stereocenters. The fraction of sp³-hybridized carbons (Fsp3) is 0. The van der Waals surface area contributed by atoms with Crippen LogP contribution in [0.5, 0.6) is 0 Å². The number of pyridine rings is 2. The summed E-state index contributed by atoms with van der Waals surface area (Å²) in [6.07, 6.45) is 3.93. The van der Waals surface area contributed by atoms with Crippen LogP contribution >= 0.6 is 0 Å². The molecule has 0 aliphatic carbocycles. The predicted octanol–water partition coefficient (Wildman–Crippen LogP) is 7.75. The van der Waals surface area contributed by atoms with Crippen LogP contribution in [0.3, 0.4) is 0 Å². The van der Waals surface area contributed by atoms with Crippen molar-refractivity contribution in [2.24, 2.45) is 0 Å². The molecule has 4 aromatic carbocycles. The van der Waals surface area contributed by atoms with Gasteiger partial charge in [0.05, 0.1) is 11.0 Å². The average molecular weight is 422 g/mol. The Labute approximate surface area is 190 Å². The van der Waals surface area contributed by atoms with Crippen LogP contribution in [-0.4, -0.2) is 15.0 Å². The molecule has 0 aliphatic heterocycles. The van der Waals surface area contributed by atoms with Gasteiger partial charge in [0.1, 0.15) is 0 Å². The zero-order chi connectivity index (χ0) is 21.8. The highest BCUT2D eigenvalue weighted by Crippen LogP contribution is 2.33. The summed E-state index contributed by atoms with van der Waals surface area (Å²) in [5.74, 6) is 0. The van der Waals surface area contributed by atoms with E-state index < -0.39 is 0 Å². The third-order valence-corrected chi connectivity index (χ3v) is 6.45. The van der Waals surface area contributed by atoms with Gasteiger partial charge in [0.25, 0.3) is 0 Å². The zero-order valence-electron chi connectivity index (χ0n) is 17.8. The normalized spacial score (nSPS) is 11.6. The summed E-state index contributed by atoms with van der Waals surface area (Å²) in [5.41, 5.74) is 8.89. The van der Waals surface area contributed by atoms with Crippen LogP contribution in [0.25, 0.3) is 65.9 Å². The second-order valence-electron chi connectivity index (χ2n) is 8.48. The summed E-state index contributed by atoms with van der Waals surface area (Å²) in [4.78, 5) is 12.9. The summed E-state index contributed by atoms with van der Waals surface area (Å²) in [7, 11) is 0. The number of nitrogens with zero attached hydrogens (tertiary/aromatic N) is 2. The molecule has 0 bridgehead atoms. The Kier molecular flexibility index (Phi) is 3.84. The molecule has 3 heterocycles. The number of aromatic nitrogens is 3. The highest BCUT2D eigenvalue weighted by molar-refractivity contribution is 6.10. The number of hydrogen-bond acceptors (Lipinski definition) is 2. The highest BCUT2D eigenvalue weighted by Gasteiger charge is 2.10. The molecule has 154 valence electrons. The second kappa shape index (κ2) is 7.01. The van der Waals surface area contributed by atoms with E-state index in [4.69, 9.17) is 0 Å². The number of aromatic amines is 1. The van der Waals surface area contributed by atoms with Crippen molar-refractivity contribution in [1.29, 1.82) is 0 Å². The van der Waals surface area contributed by atoms with Gasteiger partial charge in [-0.3, -0.25) is 9.97 Å². The molecule has 7 rings (SSSR count). The lowest BCUT2D eigenvalue weighted by molar-refractivity contribution is 1.41. The molecule has 0 saturated heterocycles. The molecule has 1 N–H and O–H groups in total. The molecule has 3 nitrogen and oxygen atoms in total. The van der Waals surface area contributed by atoms with E-state index >= 15 is 0 Å². The van der Waals surface area contributed by atoms with Gasteiger partial charge in [0, 0.05) is 56.1 Å². The van der Waals surface area contributed by atoms with E-state index in [1.165, 1.54) is 21.9 Å². The van der Waals surface area contributed by atoms with E-state index in [1.807, 2.05) is 36.7 Å². The van der Waals surface area contributed by atoms with E-state index in [9.17, 15) is 0 Å². The minimum atomic E-state index is 1.02. The minimum Gasteiger partial charge on any atom is -0.355 e. The smallest absolute Gasteiger partial charge is 0.0702 e. The van der Waals surface area contributed by atoms with Crippen LogP contribution < -0.4 is 0 Å². The highest BCUT2D eigenvalue weighted by atomic mass is 14.7. The molecule has 0 spiro atoms. The molecule has 0 radical (unpaired) electrons. The number of fused-ring (bicyclic) bond motifs is 5. The zero-order valence-corrected chi connectivity index (χ0v) is 17.8. The number of hydrogen-bond donors (Lipinski definition) is 1. The monoisotopic (exact) mass is 421 g/mol. The summed E-state index contributed by atoms with van der Waals surface area (Å²) >= 11 is 0. The topological polar surface area (TPSA) is 41.6 Å². The van der Waals surface area contributed by atoms with E-state index in [1.54, 1.807) is 0 Å². The van der Waals surface area contributed by atoms with E-state index in [2.05, 4.69) is 87.7 Å². The molecular formula is C30H19N3. The van der Waals surface area contributed by atoms with Crippen molar-refractivity contribution in [3.63, 3.8) is 0 Å². The summed E-state index contributed by atoms with van der Waals surface area (Å²) < 4.78 is 0. The molecule has 0 amide bonds. The van der Waals surface area contributed by atoms with Crippen molar-refractivity contribution in [3.8, 4) is 22.3 Å². The van der Waals surface area contributed by atoms with Crippen LogP contribution in [0.1, 0.15) is 0 Å². The van der Waals surface area contributed by atoms with Gasteiger partial charge < -0.3 is 4.98 Å². The summed E-state index contributed by atoms with van der Waals surface area (Å²) in [5, 5.41) is 4.73. The van der Waals surface area contributed by atoms with Crippen molar-refractivity contribution in [2.45, 2.75) is 0 Å². The number of H-pyrrole nitrogens is 1. The number of benzene rings is 4. The lowest BCUT2D eigenvalue weighted by Crippen LogP contribution is -1.83. The Morgan fingerprint density at radius 1 is 0.455 bits per heavy atom. The van der Waals surface area contributed by atoms with Crippen molar-refractivity contribution < 1.29 is 0 Å². The molecule has 7 aromatic rings. The van der Waals surface area contributed by atoms with E-state index in [-0.39, 0.29) is 0 Å². The minimum absolute atomic E-state index is 1.02. The number of nitrogens with one attached hydrogen (secondary N) is 1. The molecule has 33 heavy (non-hydrogen) atoms. The van der Waals surface area contributed by atoms with Gasteiger partial charge >= 0.3 is 0 Å². The Hall–Kier alpha value is -4.50. The fourth-order valence-corrected chi connectivity index (χ4v) is 4.71. The maximum absolute atomic E-state index is 4.65. The van der Waals surface area contributed by atoms with Crippen LogP contribution in [0.15, 0.2) is 109 Å². The number of rotatable bonds is 2. The van der Waals surface area contributed by atoms with E-state index in [0.29, 0.717) is 0 Å². The van der Waals surface area contributed by atoms with E-state index in [0.717, 1.165) is 44.0 Å². The van der Waals surface area contributed by atoms with Crippen LogP contribution in [0, 0.1) is 0 Å². The van der Waals surface area contributed by atoms with Gasteiger partial charge in [-0.15, -0.1) is 0 Å². The lowest BCUT2D eigenvalue weighted by Gasteiger charge is -2.05. The molecule has 3 heteroatoms. The van der Waals surface area contributed by atoms with Crippen LogP contribution in [0.2, 0.25) is 0 Å². The van der Waals surface area contributed by atoms with Gasteiger partial charge in [-0.2, -0.15) is 0 Å². The molecule has 0 saturated carbocycles. The molecule has 0 fully saturated rings. The Morgan fingerprint density at radius 2 is 0.939 bits per heavy atom. The Balaban J connectivity index is 1.39. The quantitative estimate of drug-likeness (QED) is 0.310. The van der Waals surface area contributed by atoms with Gasteiger partial charge in [-0.05, 0) is 59.7 Å². The third-order valence-electron chi connectivity index (χ3n) is 6.45. The third kappa shape index (κ3) is 2.98. The SMILES string of the molecule is c1ccc2ncc(-c3ccc4[nH]c5ccc(-c6cnc7ccccc7c6)cc5c4c3)cc2c1. The van der Waals surface area contributed by atoms with Crippen molar-refractivity contribution in [3.05, 3.63) is 109 Å². The average Bonchev–Trinajstić information content (AvgIpc) is 3.25. The molecule has 3 aromatic heterocycles. The predicted molar refractivity (Wildman–Crippen MR) is 137 cm³/mol. The maximum Gasteiger partial charge on any atom is 0.0702 e. The molecular weight excluding hydrogens is 402 g/mol. The van der Waals surface area contributed by atoms with Gasteiger partial charge in [0.2, 0.25) is 0 Å². The summed E-state index contributed by atoms with van der Waals surface area (Å²) in [6, 6.07) is 34.1. The first-order chi connectivity index (χ1) is 16.3. The lowest BCUT2D eigenvalue weighted by atomic mass is 10.0. The Morgan fingerprint density at radius 3 is 1.45 bits per heavy atom. The maximum atomic E-state index is 4.65. The standard InChI is InChI=1S/C30H19N3/c1-3-7-27-21(5-1)13-23(17-31-27)19-9-11-29-25(15-19)26-16-20(10-12-30(26)33-29)24-14-22-6-2-4-8-28(22)32-18-24/h1-18,33H. The largest absolute Gasteiger partial charge is 0.355 e. The van der Waals surface area contributed by atoms with Gasteiger partial charge in [-0.1, -0.05) is 48.5 Å². The summed E-state index contributed by atoms with van der Waals surface area (Å²) in [6.45, 7) is 0. The van der Waals surface area contributed by atoms with Gasteiger partial charge in [-0.25, -0.2) is 0 Å². The second-order valence-corrected chi connectivity index (χ2v) is 8.48. The van der Waals surface area contributed by atoms with Crippen molar-refractivity contribution in [2.75, 3.05) is 0 Å². The fourth-order valence-electron chi connectivity index (χ4n) is 4.71. The van der Waals surface area contributed by atoms with Crippen molar-refractivity contribution in [1.82, 2.24) is 15.0 Å². The first kappa shape index (κ1) is 18.1. The molecule has 0 aliphatic rings.